The average molecular weight is 214 g/mol. The molecule has 2 aliphatic heterocycles. The molecule has 0 aromatic carbocycles. The second kappa shape index (κ2) is 4.42. The van der Waals surface area contributed by atoms with Gasteiger partial charge in [0, 0.05) is 18.8 Å². The Balaban J connectivity index is 2.00. The van der Waals surface area contributed by atoms with Crippen molar-refractivity contribution >= 4 is 11.8 Å². The second-order valence-electron chi connectivity index (χ2n) is 4.88. The number of rotatable bonds is 2. The van der Waals surface area contributed by atoms with Gasteiger partial charge in [0.2, 0.25) is 0 Å². The van der Waals surface area contributed by atoms with Crippen LogP contribution in [-0.4, -0.2) is 41.7 Å². The monoisotopic (exact) mass is 214 g/mol. The van der Waals surface area contributed by atoms with Crippen LogP contribution < -0.4 is 5.32 Å². The molecule has 0 atom stereocenters. The van der Waals surface area contributed by atoms with Crippen molar-refractivity contribution in [2.75, 3.05) is 31.9 Å². The van der Waals surface area contributed by atoms with Crippen LogP contribution in [0.2, 0.25) is 0 Å². The van der Waals surface area contributed by atoms with Gasteiger partial charge in [0.25, 0.3) is 0 Å². The van der Waals surface area contributed by atoms with Crippen LogP contribution in [0.3, 0.4) is 0 Å². The summed E-state index contributed by atoms with van der Waals surface area (Å²) in [5, 5.41) is 3.47. The van der Waals surface area contributed by atoms with E-state index in [0.29, 0.717) is 4.87 Å². The lowest BCUT2D eigenvalue weighted by Crippen LogP contribution is -2.50. The van der Waals surface area contributed by atoms with Gasteiger partial charge in [-0.1, -0.05) is 13.8 Å². The summed E-state index contributed by atoms with van der Waals surface area (Å²) in [6, 6.07) is 0. The van der Waals surface area contributed by atoms with Crippen LogP contribution >= 0.6 is 11.8 Å². The molecule has 2 fully saturated rings. The maximum absolute atomic E-state index is 3.47. The molecule has 0 radical (unpaired) electrons. The van der Waals surface area contributed by atoms with Crippen LogP contribution in [-0.2, 0) is 0 Å². The summed E-state index contributed by atoms with van der Waals surface area (Å²) in [7, 11) is 0. The highest BCUT2D eigenvalue weighted by Crippen LogP contribution is 2.42. The molecule has 0 aromatic heterocycles. The highest BCUT2D eigenvalue weighted by molar-refractivity contribution is 8.00. The largest absolute Gasteiger partial charge is 0.317 e. The van der Waals surface area contributed by atoms with Gasteiger partial charge in [-0.25, -0.2) is 0 Å². The molecule has 2 rings (SSSR count). The Bertz CT molecular complexity index is 188. The molecule has 0 aliphatic carbocycles. The number of nitrogens with one attached hydrogen (secondary N) is 1. The summed E-state index contributed by atoms with van der Waals surface area (Å²) in [6.07, 6.45) is 2.68. The second-order valence-corrected chi connectivity index (χ2v) is 6.34. The third-order valence-electron chi connectivity index (χ3n) is 3.28. The number of piperidine rings is 1. The van der Waals surface area contributed by atoms with Crippen LogP contribution in [0.25, 0.3) is 0 Å². The van der Waals surface area contributed by atoms with E-state index in [0.717, 1.165) is 5.92 Å². The molecule has 2 aliphatic rings. The van der Waals surface area contributed by atoms with E-state index in [-0.39, 0.29) is 0 Å². The Morgan fingerprint density at radius 3 is 2.71 bits per heavy atom. The fourth-order valence-electron chi connectivity index (χ4n) is 2.62. The van der Waals surface area contributed by atoms with Crippen molar-refractivity contribution in [2.24, 2.45) is 5.92 Å². The Kier molecular flexibility index (Phi) is 3.40. The fraction of sp³-hybridized carbons (Fsp3) is 1.00. The summed E-state index contributed by atoms with van der Waals surface area (Å²) in [6.45, 7) is 9.68. The van der Waals surface area contributed by atoms with E-state index in [4.69, 9.17) is 0 Å². The van der Waals surface area contributed by atoms with Crippen LogP contribution in [0.1, 0.15) is 26.7 Å². The lowest BCUT2D eigenvalue weighted by molar-refractivity contribution is 0.140. The van der Waals surface area contributed by atoms with Crippen molar-refractivity contribution in [3.63, 3.8) is 0 Å². The molecular formula is C11H22N2S. The van der Waals surface area contributed by atoms with Crippen LogP contribution in [0, 0.1) is 5.92 Å². The number of hydrogen-bond donors (Lipinski definition) is 1. The van der Waals surface area contributed by atoms with E-state index in [1.807, 2.05) is 0 Å². The molecule has 14 heavy (non-hydrogen) atoms. The topological polar surface area (TPSA) is 15.3 Å². The predicted molar refractivity (Wildman–Crippen MR) is 63.7 cm³/mol. The molecule has 82 valence electrons. The minimum atomic E-state index is 0.509. The lowest BCUT2D eigenvalue weighted by atomic mass is 10.0. The summed E-state index contributed by atoms with van der Waals surface area (Å²) >= 11 is 2.20. The minimum absolute atomic E-state index is 0.509. The van der Waals surface area contributed by atoms with Crippen LogP contribution in [0.15, 0.2) is 0 Å². The number of nitrogens with zero attached hydrogens (tertiary/aromatic N) is 1. The third-order valence-corrected chi connectivity index (χ3v) is 4.87. The third kappa shape index (κ3) is 2.10. The fourth-order valence-corrected chi connectivity index (χ4v) is 4.15. The molecule has 0 saturated carbocycles. The molecule has 2 nitrogen and oxygen atoms in total. The molecule has 0 aromatic rings. The first kappa shape index (κ1) is 10.8. The van der Waals surface area contributed by atoms with Gasteiger partial charge in [-0.2, -0.15) is 0 Å². The van der Waals surface area contributed by atoms with Crippen molar-refractivity contribution < 1.29 is 0 Å². The van der Waals surface area contributed by atoms with Crippen molar-refractivity contribution in [1.29, 1.82) is 0 Å². The Hall–Kier alpha value is 0.270. The minimum Gasteiger partial charge on any atom is -0.317 e. The van der Waals surface area contributed by atoms with Crippen molar-refractivity contribution in [2.45, 2.75) is 31.6 Å². The van der Waals surface area contributed by atoms with Crippen molar-refractivity contribution in [3.05, 3.63) is 0 Å². The molecule has 0 unspecified atom stereocenters. The SMILES string of the molecule is CC(C)CN1CCSC12CCNCC2. The van der Waals surface area contributed by atoms with E-state index < -0.39 is 0 Å². The van der Waals surface area contributed by atoms with E-state index in [1.54, 1.807) is 0 Å². The van der Waals surface area contributed by atoms with Gasteiger partial charge >= 0.3 is 0 Å². The van der Waals surface area contributed by atoms with E-state index >= 15 is 0 Å². The van der Waals surface area contributed by atoms with Crippen LogP contribution in [0.5, 0.6) is 0 Å². The molecule has 2 heterocycles. The molecule has 0 bridgehead atoms. The zero-order chi connectivity index (χ0) is 10.0. The molecule has 1 N–H and O–H groups in total. The molecule has 3 heteroatoms. The summed E-state index contributed by atoms with van der Waals surface area (Å²) in [5.74, 6) is 2.15. The first-order valence-corrected chi connectivity index (χ1v) is 6.81. The zero-order valence-corrected chi connectivity index (χ0v) is 10.2. The van der Waals surface area contributed by atoms with Crippen molar-refractivity contribution in [1.82, 2.24) is 10.2 Å². The molecular weight excluding hydrogens is 192 g/mol. The van der Waals surface area contributed by atoms with E-state index in [9.17, 15) is 0 Å². The predicted octanol–water partition coefficient (Wildman–Crippen LogP) is 1.77. The summed E-state index contributed by atoms with van der Waals surface area (Å²) in [5.41, 5.74) is 0. The first-order valence-electron chi connectivity index (χ1n) is 5.83. The van der Waals surface area contributed by atoms with Gasteiger partial charge < -0.3 is 5.32 Å². The van der Waals surface area contributed by atoms with Gasteiger partial charge in [0.1, 0.15) is 0 Å². The van der Waals surface area contributed by atoms with E-state index in [1.165, 1.54) is 44.8 Å². The zero-order valence-electron chi connectivity index (χ0n) is 9.38. The van der Waals surface area contributed by atoms with Gasteiger partial charge in [-0.15, -0.1) is 11.8 Å². The quantitative estimate of drug-likeness (QED) is 0.754. The smallest absolute Gasteiger partial charge is 0.0695 e. The molecule has 1 spiro atoms. The maximum Gasteiger partial charge on any atom is 0.0695 e. The Morgan fingerprint density at radius 1 is 1.36 bits per heavy atom. The van der Waals surface area contributed by atoms with Crippen LogP contribution in [0.4, 0.5) is 0 Å². The van der Waals surface area contributed by atoms with Gasteiger partial charge in [-0.05, 0) is 31.8 Å². The number of thioether (sulfide) groups is 1. The normalized spacial score (nSPS) is 27.6. The Morgan fingerprint density at radius 2 is 2.07 bits per heavy atom. The van der Waals surface area contributed by atoms with Gasteiger partial charge in [-0.3, -0.25) is 4.90 Å². The molecule has 0 amide bonds. The maximum atomic E-state index is 3.47. The standard InChI is InChI=1S/C11H22N2S/c1-10(2)9-13-7-8-14-11(13)3-5-12-6-4-11/h10,12H,3-9H2,1-2H3. The summed E-state index contributed by atoms with van der Waals surface area (Å²) < 4.78 is 0. The van der Waals surface area contributed by atoms with Gasteiger partial charge in [0.15, 0.2) is 0 Å². The highest BCUT2D eigenvalue weighted by atomic mass is 32.2. The molecule has 2 saturated heterocycles. The summed E-state index contributed by atoms with van der Waals surface area (Å²) in [4.78, 5) is 3.25. The highest BCUT2D eigenvalue weighted by Gasteiger charge is 2.42. The average Bonchev–Trinajstić information content (AvgIpc) is 2.50. The Labute approximate surface area is 91.8 Å². The number of hydrogen-bond acceptors (Lipinski definition) is 3. The lowest BCUT2D eigenvalue weighted by Gasteiger charge is -2.41. The van der Waals surface area contributed by atoms with Gasteiger partial charge in [0.05, 0.1) is 4.87 Å². The van der Waals surface area contributed by atoms with Crippen molar-refractivity contribution in [3.8, 4) is 0 Å². The first-order chi connectivity index (χ1) is 6.73. The van der Waals surface area contributed by atoms with E-state index in [2.05, 4.69) is 35.8 Å².